The molecule has 0 bridgehead atoms. The summed E-state index contributed by atoms with van der Waals surface area (Å²) < 4.78 is 0. The minimum atomic E-state index is -0.543. The standard InChI is InChI=1S/C10H15ClN4O/c1-3-6(2)9(12)10(16)15-8-4-7(11)13-5-14-8/h4-6,9H,3,12H2,1-2H3,(H,13,14,15,16)/t6-,9-/m0/s1. The van der Waals surface area contributed by atoms with E-state index < -0.39 is 6.04 Å². The Labute approximate surface area is 99.4 Å². The van der Waals surface area contributed by atoms with Crippen LogP contribution in [0.25, 0.3) is 0 Å². The first-order valence-corrected chi connectivity index (χ1v) is 5.46. The van der Waals surface area contributed by atoms with Crippen molar-refractivity contribution in [3.63, 3.8) is 0 Å². The van der Waals surface area contributed by atoms with Crippen LogP contribution in [0.4, 0.5) is 5.82 Å². The average molecular weight is 243 g/mol. The Hall–Kier alpha value is -1.20. The van der Waals surface area contributed by atoms with Gasteiger partial charge in [0.15, 0.2) is 0 Å². The molecule has 5 nitrogen and oxygen atoms in total. The van der Waals surface area contributed by atoms with E-state index in [1.165, 1.54) is 12.4 Å². The number of halogens is 1. The molecular weight excluding hydrogens is 228 g/mol. The lowest BCUT2D eigenvalue weighted by molar-refractivity contribution is -0.118. The lowest BCUT2D eigenvalue weighted by atomic mass is 9.99. The van der Waals surface area contributed by atoms with Crippen molar-refractivity contribution in [2.75, 3.05) is 5.32 Å². The van der Waals surface area contributed by atoms with Gasteiger partial charge in [0, 0.05) is 6.07 Å². The van der Waals surface area contributed by atoms with Crippen LogP contribution in [0.5, 0.6) is 0 Å². The second-order valence-corrected chi connectivity index (χ2v) is 4.01. The fourth-order valence-electron chi connectivity index (χ4n) is 1.12. The van der Waals surface area contributed by atoms with Crippen molar-refractivity contribution in [3.05, 3.63) is 17.5 Å². The molecule has 2 atom stereocenters. The molecule has 0 aliphatic rings. The number of carbonyl (C=O) groups excluding carboxylic acids is 1. The van der Waals surface area contributed by atoms with E-state index in [0.29, 0.717) is 5.82 Å². The van der Waals surface area contributed by atoms with Crippen molar-refractivity contribution in [1.29, 1.82) is 0 Å². The van der Waals surface area contributed by atoms with Crippen LogP contribution in [0.1, 0.15) is 20.3 Å². The van der Waals surface area contributed by atoms with Crippen molar-refractivity contribution in [3.8, 4) is 0 Å². The number of hydrogen-bond acceptors (Lipinski definition) is 4. The molecule has 1 rings (SSSR count). The maximum atomic E-state index is 11.7. The van der Waals surface area contributed by atoms with Gasteiger partial charge in [-0.1, -0.05) is 31.9 Å². The summed E-state index contributed by atoms with van der Waals surface area (Å²) in [5.41, 5.74) is 5.77. The molecule has 6 heteroatoms. The van der Waals surface area contributed by atoms with Gasteiger partial charge < -0.3 is 11.1 Å². The van der Waals surface area contributed by atoms with E-state index in [1.54, 1.807) is 0 Å². The molecule has 0 aliphatic carbocycles. The van der Waals surface area contributed by atoms with Gasteiger partial charge in [-0.3, -0.25) is 4.79 Å². The predicted molar refractivity (Wildman–Crippen MR) is 63.1 cm³/mol. The molecule has 0 unspecified atom stereocenters. The molecule has 1 aromatic heterocycles. The maximum Gasteiger partial charge on any atom is 0.242 e. The van der Waals surface area contributed by atoms with Gasteiger partial charge in [-0.2, -0.15) is 0 Å². The van der Waals surface area contributed by atoms with E-state index in [-0.39, 0.29) is 17.0 Å². The summed E-state index contributed by atoms with van der Waals surface area (Å²) in [4.78, 5) is 19.3. The quantitative estimate of drug-likeness (QED) is 0.783. The summed E-state index contributed by atoms with van der Waals surface area (Å²) in [6.45, 7) is 3.91. The SMILES string of the molecule is CC[C@H](C)[C@H](N)C(=O)Nc1cc(Cl)ncn1. The largest absolute Gasteiger partial charge is 0.320 e. The van der Waals surface area contributed by atoms with Crippen LogP contribution < -0.4 is 11.1 Å². The predicted octanol–water partition coefficient (Wildman–Crippen LogP) is 1.44. The molecule has 0 spiro atoms. The van der Waals surface area contributed by atoms with E-state index in [0.717, 1.165) is 6.42 Å². The van der Waals surface area contributed by atoms with Gasteiger partial charge in [-0.05, 0) is 5.92 Å². The molecular formula is C10H15ClN4O. The van der Waals surface area contributed by atoms with Gasteiger partial charge in [0.2, 0.25) is 5.91 Å². The number of nitrogens with zero attached hydrogens (tertiary/aromatic N) is 2. The molecule has 0 saturated heterocycles. The lowest BCUT2D eigenvalue weighted by Crippen LogP contribution is -2.40. The number of rotatable bonds is 4. The first-order chi connectivity index (χ1) is 7.54. The molecule has 0 fully saturated rings. The highest BCUT2D eigenvalue weighted by Gasteiger charge is 2.19. The van der Waals surface area contributed by atoms with E-state index in [4.69, 9.17) is 17.3 Å². The second kappa shape index (κ2) is 5.77. The Balaban J connectivity index is 2.64. The number of carbonyl (C=O) groups is 1. The summed E-state index contributed by atoms with van der Waals surface area (Å²) in [5, 5.41) is 2.88. The number of nitrogens with one attached hydrogen (secondary N) is 1. The Bertz CT molecular complexity index is 372. The van der Waals surface area contributed by atoms with Crippen LogP contribution in [0.2, 0.25) is 5.15 Å². The maximum absolute atomic E-state index is 11.7. The third-order valence-electron chi connectivity index (χ3n) is 2.44. The van der Waals surface area contributed by atoms with Crippen LogP contribution in [0.3, 0.4) is 0 Å². The molecule has 0 saturated carbocycles. The minimum Gasteiger partial charge on any atom is -0.320 e. The summed E-state index contributed by atoms with van der Waals surface area (Å²) >= 11 is 5.66. The molecule has 0 aliphatic heterocycles. The summed E-state index contributed by atoms with van der Waals surface area (Å²) in [5.74, 6) is 0.227. The zero-order chi connectivity index (χ0) is 12.1. The Morgan fingerprint density at radius 2 is 2.31 bits per heavy atom. The van der Waals surface area contributed by atoms with Crippen LogP contribution >= 0.6 is 11.6 Å². The topological polar surface area (TPSA) is 80.9 Å². The molecule has 0 aromatic carbocycles. The van der Waals surface area contributed by atoms with Crippen LogP contribution in [-0.4, -0.2) is 21.9 Å². The van der Waals surface area contributed by atoms with Gasteiger partial charge in [0.05, 0.1) is 6.04 Å². The highest BCUT2D eigenvalue weighted by Crippen LogP contribution is 2.11. The molecule has 3 N–H and O–H groups in total. The number of amides is 1. The first kappa shape index (κ1) is 12.9. The summed E-state index contributed by atoms with van der Waals surface area (Å²) in [7, 11) is 0. The van der Waals surface area contributed by atoms with Crippen molar-refractivity contribution in [1.82, 2.24) is 9.97 Å². The number of aromatic nitrogens is 2. The zero-order valence-electron chi connectivity index (χ0n) is 9.27. The average Bonchev–Trinajstić information content (AvgIpc) is 2.27. The Morgan fingerprint density at radius 1 is 1.62 bits per heavy atom. The monoisotopic (exact) mass is 242 g/mol. The highest BCUT2D eigenvalue weighted by atomic mass is 35.5. The zero-order valence-corrected chi connectivity index (χ0v) is 10.0. The van der Waals surface area contributed by atoms with E-state index in [9.17, 15) is 4.79 Å². The van der Waals surface area contributed by atoms with Crippen molar-refractivity contribution in [2.24, 2.45) is 11.7 Å². The molecule has 1 amide bonds. The second-order valence-electron chi connectivity index (χ2n) is 3.63. The van der Waals surface area contributed by atoms with E-state index in [1.807, 2.05) is 13.8 Å². The van der Waals surface area contributed by atoms with Crippen molar-refractivity contribution < 1.29 is 4.79 Å². The molecule has 1 aromatic rings. The first-order valence-electron chi connectivity index (χ1n) is 5.08. The van der Waals surface area contributed by atoms with Crippen molar-refractivity contribution >= 4 is 23.3 Å². The molecule has 0 radical (unpaired) electrons. The summed E-state index contributed by atoms with van der Waals surface area (Å²) in [6, 6.07) is 0.932. The summed E-state index contributed by atoms with van der Waals surface area (Å²) in [6.07, 6.45) is 2.13. The molecule has 1 heterocycles. The minimum absolute atomic E-state index is 0.123. The van der Waals surface area contributed by atoms with Gasteiger partial charge in [-0.15, -0.1) is 0 Å². The highest BCUT2D eigenvalue weighted by molar-refractivity contribution is 6.29. The van der Waals surface area contributed by atoms with Crippen molar-refractivity contribution in [2.45, 2.75) is 26.3 Å². The number of anilines is 1. The third kappa shape index (κ3) is 3.43. The van der Waals surface area contributed by atoms with Gasteiger partial charge in [-0.25, -0.2) is 9.97 Å². The molecule has 88 valence electrons. The van der Waals surface area contributed by atoms with Gasteiger partial charge in [0.1, 0.15) is 17.3 Å². The van der Waals surface area contributed by atoms with Crippen LogP contribution in [-0.2, 0) is 4.79 Å². The van der Waals surface area contributed by atoms with Gasteiger partial charge in [0.25, 0.3) is 0 Å². The normalized spacial score (nSPS) is 14.2. The smallest absolute Gasteiger partial charge is 0.242 e. The number of hydrogen-bond donors (Lipinski definition) is 2. The third-order valence-corrected chi connectivity index (χ3v) is 2.65. The Kier molecular flexibility index (Phi) is 4.64. The van der Waals surface area contributed by atoms with Crippen LogP contribution in [0.15, 0.2) is 12.4 Å². The van der Waals surface area contributed by atoms with Crippen LogP contribution in [0, 0.1) is 5.92 Å². The number of nitrogens with two attached hydrogens (primary N) is 1. The lowest BCUT2D eigenvalue weighted by Gasteiger charge is -2.17. The van der Waals surface area contributed by atoms with Gasteiger partial charge >= 0.3 is 0 Å². The van der Waals surface area contributed by atoms with E-state index >= 15 is 0 Å². The molecule has 16 heavy (non-hydrogen) atoms. The Morgan fingerprint density at radius 3 is 2.88 bits per heavy atom. The fourth-order valence-corrected chi connectivity index (χ4v) is 1.27. The van der Waals surface area contributed by atoms with E-state index in [2.05, 4.69) is 15.3 Å². The fraction of sp³-hybridized carbons (Fsp3) is 0.500.